The minimum Gasteiger partial charge on any atom is -0.281 e. The van der Waals surface area contributed by atoms with E-state index < -0.39 is 42.0 Å². The lowest BCUT2D eigenvalue weighted by Gasteiger charge is -2.23. The molecule has 0 aliphatic heterocycles. The van der Waals surface area contributed by atoms with Gasteiger partial charge in [0, 0.05) is 11.0 Å². The first-order valence-corrected chi connectivity index (χ1v) is 6.27. The van der Waals surface area contributed by atoms with Gasteiger partial charge in [-0.1, -0.05) is 31.5 Å². The third kappa shape index (κ3) is 2.55. The highest BCUT2D eigenvalue weighted by Gasteiger charge is 2.60. The largest absolute Gasteiger partial charge is 0.281 e. The van der Waals surface area contributed by atoms with Gasteiger partial charge < -0.3 is 0 Å². The van der Waals surface area contributed by atoms with Crippen LogP contribution in [0.3, 0.4) is 0 Å². The van der Waals surface area contributed by atoms with E-state index in [2.05, 4.69) is 0 Å². The van der Waals surface area contributed by atoms with Gasteiger partial charge in [-0.05, 0) is 22.9 Å². The molecule has 0 N–H and O–H groups in total. The normalized spacial score (nSPS) is 27.2. The minimum atomic E-state index is -1.93. The van der Waals surface area contributed by atoms with Crippen molar-refractivity contribution < 1.29 is 18.0 Å². The Morgan fingerprint density at radius 1 is 1.22 bits per heavy atom. The predicted molar refractivity (Wildman–Crippen MR) is 65.9 cm³/mol. The second kappa shape index (κ2) is 5.41. The molecule has 0 amide bonds. The van der Waals surface area contributed by atoms with Crippen LogP contribution in [-0.2, 0) is 4.79 Å². The molecule has 1 aliphatic carbocycles. The van der Waals surface area contributed by atoms with E-state index in [4.69, 9.17) is 23.2 Å². The molecule has 0 aromatic rings. The van der Waals surface area contributed by atoms with E-state index in [9.17, 15) is 18.0 Å². The molecule has 1 nitrogen and oxygen atoms in total. The van der Waals surface area contributed by atoms with Crippen LogP contribution in [0, 0.1) is 22.7 Å². The van der Waals surface area contributed by atoms with Crippen LogP contribution in [-0.4, -0.2) is 25.3 Å². The Kier molecular flexibility index (Phi) is 4.76. The maximum atomic E-state index is 12.8. The summed E-state index contributed by atoms with van der Waals surface area (Å²) in [6, 6.07) is 0. The molecule has 104 valence electrons. The van der Waals surface area contributed by atoms with Crippen molar-refractivity contribution in [1.82, 2.24) is 0 Å². The maximum Gasteiger partial charge on any atom is 0.225 e. The van der Waals surface area contributed by atoms with Crippen molar-refractivity contribution in [1.29, 1.82) is 0 Å². The summed E-state index contributed by atoms with van der Waals surface area (Å²) in [6.07, 6.45) is 1.37. The highest BCUT2D eigenvalue weighted by molar-refractivity contribution is 6.64. The highest BCUT2D eigenvalue weighted by Crippen LogP contribution is 2.61. The Morgan fingerprint density at radius 3 is 1.94 bits per heavy atom. The first kappa shape index (κ1) is 15.8. The van der Waals surface area contributed by atoms with Crippen LogP contribution in [0.4, 0.5) is 13.2 Å². The Bertz CT molecular complexity index is 356. The Morgan fingerprint density at radius 2 is 1.67 bits per heavy atom. The fraction of sp³-hybridized carbons (Fsp3) is 0.750. The van der Waals surface area contributed by atoms with Gasteiger partial charge in [-0.3, -0.25) is 4.79 Å². The van der Waals surface area contributed by atoms with E-state index in [1.165, 1.54) is 6.08 Å². The van der Waals surface area contributed by atoms with Crippen LogP contribution in [0.5, 0.6) is 0 Å². The zero-order valence-electron chi connectivity index (χ0n) is 10.2. The van der Waals surface area contributed by atoms with E-state index in [1.54, 1.807) is 13.8 Å². The van der Waals surface area contributed by atoms with Gasteiger partial charge in [0.2, 0.25) is 5.24 Å². The van der Waals surface area contributed by atoms with Crippen molar-refractivity contribution in [2.75, 3.05) is 20.0 Å². The molecule has 0 heterocycles. The van der Waals surface area contributed by atoms with Crippen molar-refractivity contribution in [3.63, 3.8) is 0 Å². The van der Waals surface area contributed by atoms with Crippen LogP contribution in [0.2, 0.25) is 0 Å². The van der Waals surface area contributed by atoms with Gasteiger partial charge in [-0.25, -0.2) is 13.2 Å². The van der Waals surface area contributed by atoms with Gasteiger partial charge >= 0.3 is 0 Å². The molecule has 2 atom stereocenters. The SMILES string of the molecule is CC1(C)C(/C=C(\Cl)C(CF)(CF)CF)C1C(=O)Cl. The van der Waals surface area contributed by atoms with Crippen LogP contribution in [0.1, 0.15) is 13.8 Å². The summed E-state index contributed by atoms with van der Waals surface area (Å²) >= 11 is 11.2. The molecule has 0 aromatic heterocycles. The lowest BCUT2D eigenvalue weighted by molar-refractivity contribution is -0.113. The summed E-state index contributed by atoms with van der Waals surface area (Å²) in [5.41, 5.74) is -2.34. The molecule has 0 saturated heterocycles. The smallest absolute Gasteiger partial charge is 0.225 e. The summed E-state index contributed by atoms with van der Waals surface area (Å²) in [4.78, 5) is 11.1. The van der Waals surface area contributed by atoms with Gasteiger partial charge in [0.25, 0.3) is 0 Å². The Hall–Kier alpha value is -0.220. The number of hydrogen-bond acceptors (Lipinski definition) is 1. The Labute approximate surface area is 114 Å². The third-order valence-corrected chi connectivity index (χ3v) is 4.52. The summed E-state index contributed by atoms with van der Waals surface area (Å²) < 4.78 is 38.4. The Balaban J connectivity index is 2.94. The maximum absolute atomic E-state index is 12.8. The van der Waals surface area contributed by atoms with E-state index in [1.807, 2.05) is 0 Å². The van der Waals surface area contributed by atoms with E-state index >= 15 is 0 Å². The molecule has 0 radical (unpaired) electrons. The third-order valence-electron chi connectivity index (χ3n) is 3.76. The molecular weight excluding hydrogens is 288 g/mol. The molecule has 1 saturated carbocycles. The number of halogens is 5. The fourth-order valence-electron chi connectivity index (χ4n) is 2.06. The fourth-order valence-corrected chi connectivity index (χ4v) is 2.76. The first-order valence-electron chi connectivity index (χ1n) is 5.52. The zero-order valence-corrected chi connectivity index (χ0v) is 11.7. The standard InChI is InChI=1S/C12H15Cl2F3O/c1-11(2)7(9(11)10(14)18)3-8(13)12(4-15,5-16)6-17/h3,7,9H,4-6H2,1-2H3/b8-3-. The van der Waals surface area contributed by atoms with Gasteiger partial charge in [0.1, 0.15) is 20.0 Å². The van der Waals surface area contributed by atoms with Crippen molar-refractivity contribution in [2.45, 2.75) is 13.8 Å². The van der Waals surface area contributed by atoms with Crippen LogP contribution in [0.15, 0.2) is 11.1 Å². The van der Waals surface area contributed by atoms with Crippen LogP contribution < -0.4 is 0 Å². The lowest BCUT2D eigenvalue weighted by Crippen LogP contribution is -2.29. The van der Waals surface area contributed by atoms with Crippen LogP contribution >= 0.6 is 23.2 Å². The second-order valence-electron chi connectivity index (χ2n) is 5.32. The molecule has 0 aromatic carbocycles. The number of allylic oxidation sites excluding steroid dienone is 2. The predicted octanol–water partition coefficient (Wildman–Crippen LogP) is 4.04. The van der Waals surface area contributed by atoms with Crippen LogP contribution in [0.25, 0.3) is 0 Å². The van der Waals surface area contributed by atoms with Gasteiger partial charge in [-0.2, -0.15) is 0 Å². The van der Waals surface area contributed by atoms with Crippen molar-refractivity contribution >= 4 is 28.4 Å². The summed E-state index contributed by atoms with van der Waals surface area (Å²) in [7, 11) is 0. The van der Waals surface area contributed by atoms with Crippen molar-refractivity contribution in [3.8, 4) is 0 Å². The molecule has 18 heavy (non-hydrogen) atoms. The summed E-state index contributed by atoms with van der Waals surface area (Å²) in [5, 5.41) is -0.731. The van der Waals surface area contributed by atoms with Crippen molar-refractivity contribution in [3.05, 3.63) is 11.1 Å². The number of rotatable bonds is 6. The zero-order chi connectivity index (χ0) is 14.1. The molecule has 0 spiro atoms. The molecular formula is C12H15Cl2F3O. The number of carbonyl (C=O) groups is 1. The molecule has 1 rings (SSSR count). The van der Waals surface area contributed by atoms with E-state index in [-0.39, 0.29) is 11.0 Å². The lowest BCUT2D eigenvalue weighted by atomic mass is 9.91. The number of carbonyl (C=O) groups excluding carboxylic acids is 1. The average molecular weight is 303 g/mol. The van der Waals surface area contributed by atoms with Gasteiger partial charge in [-0.15, -0.1) is 0 Å². The van der Waals surface area contributed by atoms with E-state index in [0.717, 1.165) is 0 Å². The number of hydrogen-bond donors (Lipinski definition) is 0. The molecule has 6 heteroatoms. The summed E-state index contributed by atoms with van der Waals surface area (Å²) in [6.45, 7) is -0.0670. The number of alkyl halides is 3. The quantitative estimate of drug-likeness (QED) is 0.677. The molecule has 0 bridgehead atoms. The van der Waals surface area contributed by atoms with Gasteiger partial charge in [0.15, 0.2) is 0 Å². The topological polar surface area (TPSA) is 17.1 Å². The summed E-state index contributed by atoms with van der Waals surface area (Å²) in [5.74, 6) is -0.747. The highest BCUT2D eigenvalue weighted by atomic mass is 35.5. The molecule has 2 unspecified atom stereocenters. The first-order chi connectivity index (χ1) is 8.26. The van der Waals surface area contributed by atoms with E-state index in [0.29, 0.717) is 0 Å². The minimum absolute atomic E-state index is 0.214. The monoisotopic (exact) mass is 302 g/mol. The molecule has 1 fully saturated rings. The average Bonchev–Trinajstić information content (AvgIpc) is 2.83. The second-order valence-corrected chi connectivity index (χ2v) is 6.10. The molecule has 1 aliphatic rings. The van der Waals surface area contributed by atoms with Crippen molar-refractivity contribution in [2.24, 2.45) is 22.7 Å². The van der Waals surface area contributed by atoms with Gasteiger partial charge in [0.05, 0.1) is 5.41 Å².